The van der Waals surface area contributed by atoms with E-state index in [0.717, 1.165) is 0 Å². The zero-order valence-electron chi connectivity index (χ0n) is 3.66. The molecule has 0 aliphatic carbocycles. The van der Waals surface area contributed by atoms with Crippen molar-refractivity contribution in [1.82, 2.24) is 0 Å². The molecule has 1 N–H and O–H groups in total. The topological polar surface area (TPSA) is 54.4 Å². The molecule has 0 atom stereocenters. The van der Waals surface area contributed by atoms with E-state index in [1.165, 1.54) is 0 Å². The van der Waals surface area contributed by atoms with E-state index in [9.17, 15) is 8.42 Å². The third-order valence-electron chi connectivity index (χ3n) is 0. The fraction of sp³-hybridized carbons (Fsp3) is 1.00. The Balaban J connectivity index is -0.0000000800. The SMILES string of the molecule is CS(=O)(=O)O.F.[Sc]. The monoisotopic (exact) mass is 161 g/mol. The number of halogens is 1. The summed E-state index contributed by atoms with van der Waals surface area (Å²) in [4.78, 5) is 0. The van der Waals surface area contributed by atoms with Gasteiger partial charge in [0, 0.05) is 25.8 Å². The van der Waals surface area contributed by atoms with Crippen molar-refractivity contribution in [1.29, 1.82) is 0 Å². The summed E-state index contributed by atoms with van der Waals surface area (Å²) in [5, 5.41) is 0. The molecule has 0 aromatic rings. The quantitative estimate of drug-likeness (QED) is 0.494. The second kappa shape index (κ2) is 4.86. The van der Waals surface area contributed by atoms with Crippen molar-refractivity contribution in [3.8, 4) is 0 Å². The van der Waals surface area contributed by atoms with Gasteiger partial charge in [-0.3, -0.25) is 9.26 Å². The zero-order chi connectivity index (χ0) is 4.50. The first-order valence-corrected chi connectivity index (χ1v) is 2.77. The Kier molecular flexibility index (Phi) is 10.9. The molecule has 0 amide bonds. The van der Waals surface area contributed by atoms with Crippen molar-refractivity contribution >= 4 is 10.1 Å². The van der Waals surface area contributed by atoms with Crippen molar-refractivity contribution < 1.29 is 43.5 Å². The van der Waals surface area contributed by atoms with Crippen molar-refractivity contribution in [2.24, 2.45) is 0 Å². The Bertz CT molecular complexity index is 98.1. The van der Waals surface area contributed by atoms with Crippen molar-refractivity contribution in [2.75, 3.05) is 6.26 Å². The number of hydrogen-bond donors (Lipinski definition) is 1. The Hall–Kier alpha value is 0.710. The minimum atomic E-state index is -3.67. The molecule has 0 aromatic carbocycles. The predicted octanol–water partition coefficient (Wildman–Crippen LogP) is -0.346. The van der Waals surface area contributed by atoms with Crippen LogP contribution in [0, 0.1) is 0 Å². The molecule has 0 rings (SSSR count). The van der Waals surface area contributed by atoms with Crippen LogP contribution in [-0.2, 0) is 36.0 Å². The smallest absolute Gasteiger partial charge is 0.261 e. The first-order chi connectivity index (χ1) is 2.00. The Labute approximate surface area is 60.0 Å². The first-order valence-electron chi connectivity index (χ1n) is 0.924. The van der Waals surface area contributed by atoms with E-state index in [1.807, 2.05) is 0 Å². The summed E-state index contributed by atoms with van der Waals surface area (Å²) in [6.45, 7) is 0. The van der Waals surface area contributed by atoms with Gasteiger partial charge in [-0.1, -0.05) is 0 Å². The second-order valence-electron chi connectivity index (χ2n) is 0.733. The Morgan fingerprint density at radius 1 is 1.43 bits per heavy atom. The van der Waals surface area contributed by atoms with E-state index in [0.29, 0.717) is 6.26 Å². The molecule has 0 heterocycles. The summed E-state index contributed by atoms with van der Waals surface area (Å²) in [5.74, 6) is 0. The molecule has 3 nitrogen and oxygen atoms in total. The molecular weight excluding hydrogens is 156 g/mol. The predicted molar refractivity (Wildman–Crippen MR) is 20.0 cm³/mol. The molecule has 0 unspecified atom stereocenters. The molecular formula is CH5FO3SSc. The average molecular weight is 161 g/mol. The molecule has 43 valence electrons. The van der Waals surface area contributed by atoms with Gasteiger partial charge in [0.15, 0.2) is 0 Å². The summed E-state index contributed by atoms with van der Waals surface area (Å²) in [6.07, 6.45) is 0.715. The fourth-order valence-electron chi connectivity index (χ4n) is 0. The molecule has 0 aliphatic heterocycles. The molecule has 0 spiro atoms. The van der Waals surface area contributed by atoms with Crippen LogP contribution in [0.5, 0.6) is 0 Å². The van der Waals surface area contributed by atoms with Gasteiger partial charge in [-0.25, -0.2) is 0 Å². The van der Waals surface area contributed by atoms with E-state index in [1.54, 1.807) is 0 Å². The van der Waals surface area contributed by atoms with E-state index >= 15 is 0 Å². The van der Waals surface area contributed by atoms with Gasteiger partial charge in [-0.05, 0) is 0 Å². The fourth-order valence-corrected chi connectivity index (χ4v) is 0. The van der Waals surface area contributed by atoms with Crippen LogP contribution in [0.3, 0.4) is 0 Å². The molecule has 6 heteroatoms. The van der Waals surface area contributed by atoms with E-state index in [4.69, 9.17) is 4.55 Å². The molecule has 0 saturated carbocycles. The minimum Gasteiger partial charge on any atom is -0.286 e. The summed E-state index contributed by atoms with van der Waals surface area (Å²) in [7, 11) is -3.67. The maximum absolute atomic E-state index is 9.19. The molecule has 1 radical (unpaired) electrons. The van der Waals surface area contributed by atoms with Crippen LogP contribution in [0.4, 0.5) is 4.70 Å². The standard InChI is InChI=1S/CH4O3S.FH.Sc/c1-5(2,3)4;;/h1H3,(H,2,3,4);1H;. The largest absolute Gasteiger partial charge is 0.286 e. The van der Waals surface area contributed by atoms with Crippen LogP contribution in [-0.4, -0.2) is 19.2 Å². The van der Waals surface area contributed by atoms with Gasteiger partial charge in [0.1, 0.15) is 0 Å². The molecule has 0 aliphatic rings. The summed E-state index contributed by atoms with van der Waals surface area (Å²) in [5.41, 5.74) is 0. The van der Waals surface area contributed by atoms with Crippen molar-refractivity contribution in [2.45, 2.75) is 0 Å². The summed E-state index contributed by atoms with van der Waals surface area (Å²) in [6, 6.07) is 0. The van der Waals surface area contributed by atoms with Crippen LogP contribution in [0.1, 0.15) is 0 Å². The minimum absolute atomic E-state index is 0. The van der Waals surface area contributed by atoms with Crippen LogP contribution in [0.15, 0.2) is 0 Å². The maximum atomic E-state index is 9.19. The van der Waals surface area contributed by atoms with E-state index in [-0.39, 0.29) is 30.5 Å². The molecule has 7 heavy (non-hydrogen) atoms. The average Bonchev–Trinajstić information content (AvgIpc) is 0.722. The molecule has 0 fully saturated rings. The second-order valence-corrected chi connectivity index (χ2v) is 2.20. The van der Waals surface area contributed by atoms with Crippen molar-refractivity contribution in [3.63, 3.8) is 0 Å². The van der Waals surface area contributed by atoms with Gasteiger partial charge in [-0.15, -0.1) is 0 Å². The molecule has 0 bridgehead atoms. The first kappa shape index (κ1) is 15.6. The third kappa shape index (κ3) is 295. The van der Waals surface area contributed by atoms with Crippen LogP contribution in [0.25, 0.3) is 0 Å². The summed E-state index contributed by atoms with van der Waals surface area (Å²) < 4.78 is 25.9. The van der Waals surface area contributed by atoms with E-state index < -0.39 is 10.1 Å². The van der Waals surface area contributed by atoms with Crippen LogP contribution < -0.4 is 0 Å². The van der Waals surface area contributed by atoms with Gasteiger partial charge >= 0.3 is 0 Å². The Morgan fingerprint density at radius 3 is 1.43 bits per heavy atom. The number of rotatable bonds is 0. The van der Waals surface area contributed by atoms with Gasteiger partial charge in [-0.2, -0.15) is 8.42 Å². The van der Waals surface area contributed by atoms with Gasteiger partial charge in [0.05, 0.1) is 6.26 Å². The normalized spacial score (nSPS) is 8.29. The van der Waals surface area contributed by atoms with Gasteiger partial charge in [0.25, 0.3) is 10.1 Å². The van der Waals surface area contributed by atoms with Crippen LogP contribution in [0.2, 0.25) is 0 Å². The number of hydrogen-bond acceptors (Lipinski definition) is 2. The van der Waals surface area contributed by atoms with Gasteiger partial charge < -0.3 is 0 Å². The van der Waals surface area contributed by atoms with Crippen molar-refractivity contribution in [3.05, 3.63) is 0 Å². The third-order valence-corrected chi connectivity index (χ3v) is 0. The maximum Gasteiger partial charge on any atom is 0.261 e. The Morgan fingerprint density at radius 2 is 1.43 bits per heavy atom. The van der Waals surface area contributed by atoms with E-state index in [2.05, 4.69) is 0 Å². The molecule has 0 aromatic heterocycles. The molecule has 0 saturated heterocycles. The summed E-state index contributed by atoms with van der Waals surface area (Å²) >= 11 is 0. The van der Waals surface area contributed by atoms with Gasteiger partial charge in [0.2, 0.25) is 0 Å². The zero-order valence-corrected chi connectivity index (χ0v) is 6.28. The van der Waals surface area contributed by atoms with Crippen LogP contribution >= 0.6 is 0 Å².